The molecular weight excluding hydrogens is 384 g/mol. The second kappa shape index (κ2) is 9.54. The molecule has 1 amide bonds. The standard InChI is InChI=1S/C23H26N2O5/c1-15(2)30-18-7-5-17(6-8-18)21(26)19-20(16-9-11-24-12-10-16)25(13-4-14-29-3)23(28)22(19)27/h5-12,15,20,26H,4,13-14H2,1-3H3/t20-/m1/s1. The van der Waals surface area contributed by atoms with Gasteiger partial charge in [-0.15, -0.1) is 0 Å². The number of carbonyl (C=O) groups is 2. The predicted molar refractivity (Wildman–Crippen MR) is 112 cm³/mol. The van der Waals surface area contributed by atoms with Crippen LogP contribution in [0, 0.1) is 0 Å². The van der Waals surface area contributed by atoms with Crippen LogP contribution in [0.4, 0.5) is 0 Å². The molecular formula is C23H26N2O5. The van der Waals surface area contributed by atoms with E-state index in [0.717, 1.165) is 0 Å². The molecule has 7 heteroatoms. The molecule has 7 nitrogen and oxygen atoms in total. The zero-order valence-corrected chi connectivity index (χ0v) is 17.4. The maximum Gasteiger partial charge on any atom is 0.295 e. The minimum atomic E-state index is -0.700. The van der Waals surface area contributed by atoms with E-state index in [1.807, 2.05) is 13.8 Å². The third-order valence-electron chi connectivity index (χ3n) is 4.81. The van der Waals surface area contributed by atoms with E-state index < -0.39 is 17.7 Å². The first-order valence-corrected chi connectivity index (χ1v) is 9.88. The fraction of sp³-hybridized carbons (Fsp3) is 0.348. The highest BCUT2D eigenvalue weighted by Crippen LogP contribution is 2.39. The van der Waals surface area contributed by atoms with Crippen molar-refractivity contribution >= 4 is 17.4 Å². The molecule has 1 saturated heterocycles. The van der Waals surface area contributed by atoms with Crippen LogP contribution in [0.5, 0.6) is 5.75 Å². The molecule has 1 atom stereocenters. The van der Waals surface area contributed by atoms with Crippen molar-refractivity contribution < 1.29 is 24.2 Å². The van der Waals surface area contributed by atoms with Gasteiger partial charge in [-0.1, -0.05) is 0 Å². The quantitative estimate of drug-likeness (QED) is 0.311. The summed E-state index contributed by atoms with van der Waals surface area (Å²) in [5, 5.41) is 11.0. The van der Waals surface area contributed by atoms with E-state index in [1.165, 1.54) is 4.90 Å². The molecule has 1 aliphatic heterocycles. The largest absolute Gasteiger partial charge is 0.507 e. The first-order valence-electron chi connectivity index (χ1n) is 9.88. The third-order valence-corrected chi connectivity index (χ3v) is 4.81. The first kappa shape index (κ1) is 21.5. The highest BCUT2D eigenvalue weighted by atomic mass is 16.5. The molecule has 158 valence electrons. The van der Waals surface area contributed by atoms with Gasteiger partial charge in [0, 0.05) is 38.2 Å². The van der Waals surface area contributed by atoms with Crippen molar-refractivity contribution in [3.05, 3.63) is 65.5 Å². The molecule has 1 aliphatic rings. The number of hydrogen-bond donors (Lipinski definition) is 1. The van der Waals surface area contributed by atoms with Gasteiger partial charge in [-0.05, 0) is 62.2 Å². The van der Waals surface area contributed by atoms with Gasteiger partial charge < -0.3 is 19.5 Å². The normalized spacial score (nSPS) is 18.3. The van der Waals surface area contributed by atoms with E-state index in [9.17, 15) is 14.7 Å². The number of ether oxygens (including phenoxy) is 2. The Morgan fingerprint density at radius 3 is 2.40 bits per heavy atom. The number of rotatable bonds is 8. The zero-order chi connectivity index (χ0) is 21.7. The summed E-state index contributed by atoms with van der Waals surface area (Å²) >= 11 is 0. The van der Waals surface area contributed by atoms with E-state index in [-0.39, 0.29) is 17.4 Å². The van der Waals surface area contributed by atoms with Crippen LogP contribution in [0.1, 0.15) is 37.4 Å². The number of aliphatic hydroxyl groups excluding tert-OH is 1. The molecule has 3 rings (SSSR count). The maximum atomic E-state index is 12.9. The summed E-state index contributed by atoms with van der Waals surface area (Å²) in [6, 6.07) is 9.61. The number of carbonyl (C=O) groups excluding carboxylic acids is 2. The zero-order valence-electron chi connectivity index (χ0n) is 17.4. The van der Waals surface area contributed by atoms with Gasteiger partial charge in [-0.3, -0.25) is 14.6 Å². The Morgan fingerprint density at radius 1 is 1.13 bits per heavy atom. The summed E-state index contributed by atoms with van der Waals surface area (Å²) in [6.45, 7) is 4.65. The van der Waals surface area contributed by atoms with Crippen molar-refractivity contribution in [2.75, 3.05) is 20.3 Å². The van der Waals surface area contributed by atoms with Gasteiger partial charge in [0.15, 0.2) is 0 Å². The summed E-state index contributed by atoms with van der Waals surface area (Å²) < 4.78 is 10.7. The van der Waals surface area contributed by atoms with Crippen molar-refractivity contribution in [2.45, 2.75) is 32.4 Å². The summed E-state index contributed by atoms with van der Waals surface area (Å²) in [4.78, 5) is 31.1. The van der Waals surface area contributed by atoms with Crippen LogP contribution in [-0.2, 0) is 14.3 Å². The SMILES string of the molecule is COCCCN1C(=O)C(=O)C(=C(O)c2ccc(OC(C)C)cc2)[C@H]1c1ccncc1. The van der Waals surface area contributed by atoms with Gasteiger partial charge in [0.05, 0.1) is 17.7 Å². The molecule has 0 radical (unpaired) electrons. The second-order valence-electron chi connectivity index (χ2n) is 7.31. The fourth-order valence-corrected chi connectivity index (χ4v) is 3.50. The Labute approximate surface area is 175 Å². The topological polar surface area (TPSA) is 89.0 Å². The van der Waals surface area contributed by atoms with Crippen molar-refractivity contribution in [1.82, 2.24) is 9.88 Å². The molecule has 0 unspecified atom stereocenters. The number of aromatic nitrogens is 1. The molecule has 1 aromatic carbocycles. The van der Waals surface area contributed by atoms with Gasteiger partial charge in [0.25, 0.3) is 11.7 Å². The monoisotopic (exact) mass is 410 g/mol. The molecule has 0 bridgehead atoms. The lowest BCUT2D eigenvalue weighted by molar-refractivity contribution is -0.140. The number of ketones is 1. The first-order chi connectivity index (χ1) is 14.4. The number of nitrogens with zero attached hydrogens (tertiary/aromatic N) is 2. The van der Waals surface area contributed by atoms with E-state index in [4.69, 9.17) is 9.47 Å². The Morgan fingerprint density at radius 2 is 1.80 bits per heavy atom. The smallest absolute Gasteiger partial charge is 0.295 e. The van der Waals surface area contributed by atoms with Crippen molar-refractivity contribution in [1.29, 1.82) is 0 Å². The number of aliphatic hydroxyl groups is 1. The van der Waals surface area contributed by atoms with E-state index in [1.54, 1.807) is 55.9 Å². The van der Waals surface area contributed by atoms with Gasteiger partial charge in [-0.25, -0.2) is 0 Å². The Kier molecular flexibility index (Phi) is 6.84. The lowest BCUT2D eigenvalue weighted by Crippen LogP contribution is -2.31. The van der Waals surface area contributed by atoms with Crippen LogP contribution in [-0.4, -0.2) is 53.0 Å². The number of benzene rings is 1. The summed E-state index contributed by atoms with van der Waals surface area (Å²) in [5.41, 5.74) is 1.23. The molecule has 2 aromatic rings. The molecule has 1 aromatic heterocycles. The number of likely N-dealkylation sites (tertiary alicyclic amines) is 1. The molecule has 30 heavy (non-hydrogen) atoms. The number of methoxy groups -OCH3 is 1. The van der Waals surface area contributed by atoms with Crippen LogP contribution >= 0.6 is 0 Å². The third kappa shape index (κ3) is 4.52. The Bertz CT molecular complexity index is 922. The van der Waals surface area contributed by atoms with Crippen LogP contribution in [0.2, 0.25) is 0 Å². The second-order valence-corrected chi connectivity index (χ2v) is 7.31. The highest BCUT2D eigenvalue weighted by molar-refractivity contribution is 6.46. The van der Waals surface area contributed by atoms with Crippen LogP contribution in [0.25, 0.3) is 5.76 Å². The molecule has 0 aliphatic carbocycles. The highest BCUT2D eigenvalue weighted by Gasteiger charge is 2.45. The molecule has 2 heterocycles. The Balaban J connectivity index is 2.02. The van der Waals surface area contributed by atoms with Gasteiger partial charge in [0.1, 0.15) is 11.5 Å². The molecule has 0 spiro atoms. The van der Waals surface area contributed by atoms with Gasteiger partial charge in [0.2, 0.25) is 0 Å². The molecule has 1 N–H and O–H groups in total. The fourth-order valence-electron chi connectivity index (χ4n) is 3.50. The van der Waals surface area contributed by atoms with E-state index >= 15 is 0 Å². The van der Waals surface area contributed by atoms with Crippen molar-refractivity contribution in [2.24, 2.45) is 0 Å². The molecule has 1 fully saturated rings. The lowest BCUT2D eigenvalue weighted by atomic mass is 9.96. The minimum absolute atomic E-state index is 0.0218. The lowest BCUT2D eigenvalue weighted by Gasteiger charge is -2.25. The average molecular weight is 410 g/mol. The van der Waals surface area contributed by atoms with Crippen LogP contribution in [0.15, 0.2) is 54.4 Å². The summed E-state index contributed by atoms with van der Waals surface area (Å²) in [6.07, 6.45) is 3.80. The maximum absolute atomic E-state index is 12.9. The van der Waals surface area contributed by atoms with Crippen LogP contribution < -0.4 is 4.74 Å². The number of hydrogen-bond acceptors (Lipinski definition) is 6. The van der Waals surface area contributed by atoms with Crippen molar-refractivity contribution in [3.8, 4) is 5.75 Å². The Hall–Kier alpha value is -3.19. The van der Waals surface area contributed by atoms with Crippen LogP contribution in [0.3, 0.4) is 0 Å². The van der Waals surface area contributed by atoms with Gasteiger partial charge >= 0.3 is 0 Å². The number of amides is 1. The summed E-state index contributed by atoms with van der Waals surface area (Å²) in [5.74, 6) is -0.879. The molecule has 0 saturated carbocycles. The minimum Gasteiger partial charge on any atom is -0.507 e. The number of Topliss-reactive ketones (excluding diaryl/α,β-unsaturated/α-hetero) is 1. The van der Waals surface area contributed by atoms with E-state index in [0.29, 0.717) is 36.4 Å². The van der Waals surface area contributed by atoms with Gasteiger partial charge in [-0.2, -0.15) is 0 Å². The van der Waals surface area contributed by atoms with Crippen molar-refractivity contribution in [3.63, 3.8) is 0 Å². The number of pyridine rings is 1. The average Bonchev–Trinajstić information content (AvgIpc) is 2.99. The van der Waals surface area contributed by atoms with E-state index in [2.05, 4.69) is 4.98 Å². The predicted octanol–water partition coefficient (Wildman–Crippen LogP) is 3.33. The summed E-state index contributed by atoms with van der Waals surface area (Å²) in [7, 11) is 1.58.